The fourth-order valence-electron chi connectivity index (χ4n) is 2.34. The van der Waals surface area contributed by atoms with Crippen molar-refractivity contribution in [1.29, 1.82) is 0 Å². The Bertz CT molecular complexity index is 439. The van der Waals surface area contributed by atoms with E-state index in [1.54, 1.807) is 0 Å². The lowest BCUT2D eigenvalue weighted by Gasteiger charge is -2.26. The molecule has 0 heterocycles. The minimum absolute atomic E-state index is 0.121. The fourth-order valence-corrected chi connectivity index (χ4v) is 2.87. The highest BCUT2D eigenvalue weighted by Crippen LogP contribution is 2.24. The van der Waals surface area contributed by atoms with Crippen molar-refractivity contribution < 1.29 is 13.6 Å². The van der Waals surface area contributed by atoms with Crippen LogP contribution in [0.5, 0.6) is 0 Å². The first kappa shape index (κ1) is 14.4. The Kier molecular flexibility index (Phi) is 4.91. The van der Waals surface area contributed by atoms with Crippen LogP contribution in [0.25, 0.3) is 0 Å². The third kappa shape index (κ3) is 4.00. The van der Waals surface area contributed by atoms with Crippen molar-refractivity contribution in [2.24, 2.45) is 0 Å². The molecule has 1 aliphatic rings. The number of benzene rings is 1. The molecule has 0 saturated heterocycles. The van der Waals surface area contributed by atoms with Crippen LogP contribution in [0.15, 0.2) is 18.2 Å². The van der Waals surface area contributed by atoms with E-state index in [2.05, 4.69) is 21.2 Å². The average molecular weight is 332 g/mol. The molecule has 2 nitrogen and oxygen atoms in total. The highest BCUT2D eigenvalue weighted by molar-refractivity contribution is 9.09. The van der Waals surface area contributed by atoms with E-state index in [9.17, 15) is 13.6 Å². The average Bonchev–Trinajstić information content (AvgIpc) is 2.37. The number of hydrogen-bond donors (Lipinski definition) is 1. The Morgan fingerprint density at radius 1 is 1.21 bits per heavy atom. The van der Waals surface area contributed by atoms with E-state index in [0.717, 1.165) is 25.7 Å². The maximum atomic E-state index is 13.4. The van der Waals surface area contributed by atoms with Crippen LogP contribution in [0.2, 0.25) is 0 Å². The summed E-state index contributed by atoms with van der Waals surface area (Å²) >= 11 is 3.54. The van der Waals surface area contributed by atoms with E-state index in [-0.39, 0.29) is 23.9 Å². The number of hydrogen-bond acceptors (Lipinski definition) is 1. The molecule has 19 heavy (non-hydrogen) atoms. The van der Waals surface area contributed by atoms with Crippen molar-refractivity contribution in [2.75, 3.05) is 0 Å². The van der Waals surface area contributed by atoms with E-state index in [1.807, 2.05) is 0 Å². The summed E-state index contributed by atoms with van der Waals surface area (Å²) in [5, 5.41) is 2.85. The summed E-state index contributed by atoms with van der Waals surface area (Å²) in [7, 11) is 0. The van der Waals surface area contributed by atoms with Gasteiger partial charge in [0.25, 0.3) is 0 Å². The summed E-state index contributed by atoms with van der Waals surface area (Å²) in [5.74, 6) is -1.65. The van der Waals surface area contributed by atoms with Gasteiger partial charge in [-0.2, -0.15) is 0 Å². The molecule has 1 N–H and O–H groups in total. The lowest BCUT2D eigenvalue weighted by Crippen LogP contribution is -2.38. The number of alkyl halides is 1. The summed E-state index contributed by atoms with van der Waals surface area (Å²) in [6.07, 6.45) is 3.59. The largest absolute Gasteiger partial charge is 0.353 e. The molecule has 1 amide bonds. The maximum Gasteiger partial charge on any atom is 0.224 e. The maximum absolute atomic E-state index is 13.4. The van der Waals surface area contributed by atoms with Crippen molar-refractivity contribution in [3.8, 4) is 0 Å². The molecule has 1 aliphatic carbocycles. The molecule has 2 rings (SSSR count). The zero-order valence-corrected chi connectivity index (χ0v) is 12.1. The minimum Gasteiger partial charge on any atom is -0.353 e. The second-order valence-electron chi connectivity index (χ2n) is 4.89. The molecule has 0 atom stereocenters. The molecule has 5 heteroatoms. The van der Waals surface area contributed by atoms with Gasteiger partial charge in [-0.3, -0.25) is 4.79 Å². The molecule has 1 aromatic rings. The Hall–Kier alpha value is -0.970. The predicted molar refractivity (Wildman–Crippen MR) is 73.2 cm³/mol. The van der Waals surface area contributed by atoms with Crippen LogP contribution in [-0.2, 0) is 11.2 Å². The van der Waals surface area contributed by atoms with Crippen molar-refractivity contribution >= 4 is 21.8 Å². The second kappa shape index (κ2) is 6.46. The molecule has 1 saturated carbocycles. The van der Waals surface area contributed by atoms with E-state index in [4.69, 9.17) is 0 Å². The van der Waals surface area contributed by atoms with Crippen LogP contribution >= 0.6 is 15.9 Å². The van der Waals surface area contributed by atoms with E-state index < -0.39 is 11.6 Å². The summed E-state index contributed by atoms with van der Waals surface area (Å²) in [6.45, 7) is 0. The van der Waals surface area contributed by atoms with Gasteiger partial charge in [-0.25, -0.2) is 8.78 Å². The number of nitrogens with one attached hydrogen (secondary N) is 1. The quantitative estimate of drug-likeness (QED) is 0.846. The van der Waals surface area contributed by atoms with Gasteiger partial charge in [-0.1, -0.05) is 22.0 Å². The van der Waals surface area contributed by atoms with Crippen LogP contribution in [0, 0.1) is 11.6 Å². The molecule has 1 aromatic carbocycles. The van der Waals surface area contributed by atoms with Gasteiger partial charge in [0, 0.05) is 16.4 Å². The highest BCUT2D eigenvalue weighted by atomic mass is 79.9. The molecule has 0 bridgehead atoms. The van der Waals surface area contributed by atoms with Crippen molar-refractivity contribution in [2.45, 2.75) is 43.0 Å². The molecular formula is C14H16BrF2NO. The fraction of sp³-hybridized carbons (Fsp3) is 0.500. The summed E-state index contributed by atoms with van der Waals surface area (Å²) in [5.41, 5.74) is -0.158. The number of rotatable bonds is 3. The smallest absolute Gasteiger partial charge is 0.224 e. The Balaban J connectivity index is 1.91. The molecule has 104 valence electrons. The number of amides is 1. The molecule has 0 aromatic heterocycles. The van der Waals surface area contributed by atoms with E-state index in [1.165, 1.54) is 18.2 Å². The summed E-state index contributed by atoms with van der Waals surface area (Å²) in [6, 6.07) is 3.75. The molecule has 1 fully saturated rings. The van der Waals surface area contributed by atoms with Crippen LogP contribution in [0.1, 0.15) is 31.2 Å². The van der Waals surface area contributed by atoms with Gasteiger partial charge in [-0.15, -0.1) is 0 Å². The lowest BCUT2D eigenvalue weighted by molar-refractivity contribution is -0.121. The number of halogens is 3. The molecule has 0 radical (unpaired) electrons. The first-order valence-electron chi connectivity index (χ1n) is 6.42. The number of carbonyl (C=O) groups excluding carboxylic acids is 1. The molecule has 0 spiro atoms. The van der Waals surface area contributed by atoms with Crippen molar-refractivity contribution in [1.82, 2.24) is 5.32 Å². The predicted octanol–water partition coefficient (Wildman–Crippen LogP) is 3.33. The summed E-state index contributed by atoms with van der Waals surface area (Å²) in [4.78, 5) is 12.3. The normalized spacial score (nSPS) is 23.1. The Morgan fingerprint density at radius 2 is 1.79 bits per heavy atom. The third-order valence-electron chi connectivity index (χ3n) is 3.42. The minimum atomic E-state index is -0.667. The molecular weight excluding hydrogens is 316 g/mol. The van der Waals surface area contributed by atoms with Gasteiger partial charge < -0.3 is 5.32 Å². The van der Waals surface area contributed by atoms with E-state index in [0.29, 0.717) is 4.83 Å². The first-order chi connectivity index (χ1) is 9.06. The van der Waals surface area contributed by atoms with Gasteiger partial charge in [0.1, 0.15) is 11.6 Å². The van der Waals surface area contributed by atoms with Crippen LogP contribution in [-0.4, -0.2) is 16.8 Å². The summed E-state index contributed by atoms with van der Waals surface area (Å²) < 4.78 is 26.8. The first-order valence-corrected chi connectivity index (χ1v) is 7.34. The Labute approximate surface area is 119 Å². The Morgan fingerprint density at radius 3 is 2.37 bits per heavy atom. The topological polar surface area (TPSA) is 29.1 Å². The molecule has 0 aliphatic heterocycles. The highest BCUT2D eigenvalue weighted by Gasteiger charge is 2.21. The van der Waals surface area contributed by atoms with Crippen LogP contribution < -0.4 is 5.32 Å². The monoisotopic (exact) mass is 331 g/mol. The van der Waals surface area contributed by atoms with E-state index >= 15 is 0 Å². The zero-order valence-electron chi connectivity index (χ0n) is 10.5. The van der Waals surface area contributed by atoms with Gasteiger partial charge in [0.05, 0.1) is 6.42 Å². The van der Waals surface area contributed by atoms with Crippen LogP contribution in [0.4, 0.5) is 8.78 Å². The standard InChI is InChI=1S/C14H16BrF2NO/c15-9-4-6-10(7-5-9)18-14(19)8-11-12(16)2-1-3-13(11)17/h1-3,9-10H,4-8H2,(H,18,19). The van der Waals surface area contributed by atoms with Crippen molar-refractivity contribution in [3.05, 3.63) is 35.4 Å². The van der Waals surface area contributed by atoms with Gasteiger partial charge in [0.2, 0.25) is 5.91 Å². The second-order valence-corrected chi connectivity index (χ2v) is 6.19. The number of carbonyl (C=O) groups is 1. The van der Waals surface area contributed by atoms with Gasteiger partial charge in [0.15, 0.2) is 0 Å². The van der Waals surface area contributed by atoms with Gasteiger partial charge in [-0.05, 0) is 37.8 Å². The van der Waals surface area contributed by atoms with Gasteiger partial charge >= 0.3 is 0 Å². The third-order valence-corrected chi connectivity index (χ3v) is 4.34. The van der Waals surface area contributed by atoms with Crippen molar-refractivity contribution in [3.63, 3.8) is 0 Å². The zero-order chi connectivity index (χ0) is 13.8. The molecule has 0 unspecified atom stereocenters. The van der Waals surface area contributed by atoms with Crippen LogP contribution in [0.3, 0.4) is 0 Å². The lowest BCUT2D eigenvalue weighted by atomic mass is 9.95. The SMILES string of the molecule is O=C(Cc1c(F)cccc1F)NC1CCC(Br)CC1.